The average Bonchev–Trinajstić information content (AvgIpc) is 2.67. The molecule has 26 heavy (non-hydrogen) atoms. The molecule has 0 aliphatic heterocycles. The van der Waals surface area contributed by atoms with Gasteiger partial charge in [0.2, 0.25) is 0 Å². The van der Waals surface area contributed by atoms with E-state index in [0.717, 1.165) is 19.3 Å². The summed E-state index contributed by atoms with van der Waals surface area (Å²) in [5.74, 6) is -0.936. The smallest absolute Gasteiger partial charge is 0.341 e. The molecule has 0 heterocycles. The van der Waals surface area contributed by atoms with E-state index in [1.54, 1.807) is 18.2 Å². The number of amides is 3. The Hall–Kier alpha value is -2.83. The van der Waals surface area contributed by atoms with Gasteiger partial charge in [-0.05, 0) is 44.2 Å². The van der Waals surface area contributed by atoms with E-state index in [1.165, 1.54) is 31.6 Å². The van der Waals surface area contributed by atoms with Crippen molar-refractivity contribution in [2.75, 3.05) is 20.3 Å². The first kappa shape index (κ1) is 19.5. The lowest BCUT2D eigenvalue weighted by atomic mass is 9.97. The van der Waals surface area contributed by atoms with E-state index in [2.05, 4.69) is 21.4 Å². The molecule has 140 valence electrons. The Labute approximate surface area is 152 Å². The predicted octanol–water partition coefficient (Wildman–Crippen LogP) is 2.57. The number of allylic oxidation sites excluding steroid dienone is 1. The number of nitrogens with one attached hydrogen (secondary N) is 2. The van der Waals surface area contributed by atoms with Gasteiger partial charge in [-0.25, -0.2) is 9.59 Å². The van der Waals surface area contributed by atoms with Crippen LogP contribution in [0.3, 0.4) is 0 Å². The van der Waals surface area contributed by atoms with E-state index in [-0.39, 0.29) is 17.9 Å². The number of methoxy groups -OCH3 is 1. The van der Waals surface area contributed by atoms with Gasteiger partial charge in [0, 0.05) is 6.54 Å². The Morgan fingerprint density at radius 1 is 1.15 bits per heavy atom. The molecule has 7 heteroatoms. The van der Waals surface area contributed by atoms with Crippen LogP contribution in [0.5, 0.6) is 5.75 Å². The van der Waals surface area contributed by atoms with Crippen molar-refractivity contribution in [3.8, 4) is 5.75 Å². The molecule has 2 N–H and O–H groups in total. The number of imide groups is 1. The highest BCUT2D eigenvalue weighted by atomic mass is 16.5. The zero-order valence-electron chi connectivity index (χ0n) is 14.9. The summed E-state index contributed by atoms with van der Waals surface area (Å²) in [6, 6.07) is 5.86. The highest BCUT2D eigenvalue weighted by Gasteiger charge is 2.14. The van der Waals surface area contributed by atoms with Gasteiger partial charge in [-0.15, -0.1) is 0 Å². The number of benzene rings is 1. The first-order valence-corrected chi connectivity index (χ1v) is 8.66. The number of hydrogen-bond acceptors (Lipinski definition) is 5. The molecule has 0 unspecified atom stereocenters. The summed E-state index contributed by atoms with van der Waals surface area (Å²) in [4.78, 5) is 35.2. The molecule has 1 aliphatic carbocycles. The molecule has 3 amide bonds. The minimum atomic E-state index is -0.598. The van der Waals surface area contributed by atoms with Crippen LogP contribution in [0.4, 0.5) is 4.79 Å². The number of esters is 1. The zero-order valence-corrected chi connectivity index (χ0v) is 14.9. The molecular formula is C19H24N2O5. The van der Waals surface area contributed by atoms with Crippen LogP contribution in [0.1, 0.15) is 42.5 Å². The first-order chi connectivity index (χ1) is 12.6. The van der Waals surface area contributed by atoms with Crippen LogP contribution in [-0.2, 0) is 9.53 Å². The minimum absolute atomic E-state index is 0.216. The summed E-state index contributed by atoms with van der Waals surface area (Å²) in [6.45, 7) is 0.101. The molecule has 0 bridgehead atoms. The van der Waals surface area contributed by atoms with Crippen LogP contribution >= 0.6 is 0 Å². The average molecular weight is 360 g/mol. The molecule has 0 saturated carbocycles. The highest BCUT2D eigenvalue weighted by Crippen LogP contribution is 2.19. The van der Waals surface area contributed by atoms with Crippen molar-refractivity contribution in [1.82, 2.24) is 10.6 Å². The molecule has 0 spiro atoms. The number of urea groups is 1. The van der Waals surface area contributed by atoms with Crippen LogP contribution in [0.15, 0.2) is 35.9 Å². The fourth-order valence-electron chi connectivity index (χ4n) is 2.69. The third-order valence-electron chi connectivity index (χ3n) is 4.02. The topological polar surface area (TPSA) is 93.7 Å². The number of ether oxygens (including phenoxy) is 2. The Kier molecular flexibility index (Phi) is 7.67. The summed E-state index contributed by atoms with van der Waals surface area (Å²) < 4.78 is 9.97. The summed E-state index contributed by atoms with van der Waals surface area (Å²) in [7, 11) is 1.26. The summed E-state index contributed by atoms with van der Waals surface area (Å²) in [5.41, 5.74) is 1.57. The normalized spacial score (nSPS) is 13.3. The summed E-state index contributed by atoms with van der Waals surface area (Å²) >= 11 is 0. The van der Waals surface area contributed by atoms with Crippen molar-refractivity contribution in [2.45, 2.75) is 32.1 Å². The Morgan fingerprint density at radius 3 is 2.69 bits per heavy atom. The van der Waals surface area contributed by atoms with Crippen molar-refractivity contribution in [3.63, 3.8) is 0 Å². The van der Waals surface area contributed by atoms with Gasteiger partial charge in [0.15, 0.2) is 6.61 Å². The highest BCUT2D eigenvalue weighted by molar-refractivity contribution is 5.95. The first-order valence-electron chi connectivity index (χ1n) is 8.66. The molecule has 0 radical (unpaired) electrons. The van der Waals surface area contributed by atoms with E-state index in [4.69, 9.17) is 4.74 Å². The second-order valence-electron chi connectivity index (χ2n) is 5.94. The summed E-state index contributed by atoms with van der Waals surface area (Å²) in [6.07, 6.45) is 7.62. The molecule has 0 atom stereocenters. The van der Waals surface area contributed by atoms with E-state index in [1.807, 2.05) is 0 Å². The van der Waals surface area contributed by atoms with Gasteiger partial charge in [0.05, 0.1) is 7.11 Å². The Bertz CT molecular complexity index is 684. The van der Waals surface area contributed by atoms with Gasteiger partial charge in [-0.1, -0.05) is 23.8 Å². The Morgan fingerprint density at radius 2 is 1.96 bits per heavy atom. The Balaban J connectivity index is 1.72. The minimum Gasteiger partial charge on any atom is -0.483 e. The maximum absolute atomic E-state index is 11.8. The third kappa shape index (κ3) is 6.23. The van der Waals surface area contributed by atoms with Crippen LogP contribution < -0.4 is 15.4 Å². The third-order valence-corrected chi connectivity index (χ3v) is 4.02. The second-order valence-corrected chi connectivity index (χ2v) is 5.94. The monoisotopic (exact) mass is 360 g/mol. The van der Waals surface area contributed by atoms with Crippen molar-refractivity contribution < 1.29 is 23.9 Å². The lowest BCUT2D eigenvalue weighted by molar-refractivity contribution is -0.122. The lowest BCUT2D eigenvalue weighted by Gasteiger charge is -2.13. The van der Waals surface area contributed by atoms with E-state index >= 15 is 0 Å². The van der Waals surface area contributed by atoms with Crippen molar-refractivity contribution in [3.05, 3.63) is 41.5 Å². The quantitative estimate of drug-likeness (QED) is 0.576. The lowest BCUT2D eigenvalue weighted by Crippen LogP contribution is -2.42. The van der Waals surface area contributed by atoms with Gasteiger partial charge >= 0.3 is 12.0 Å². The van der Waals surface area contributed by atoms with E-state index in [9.17, 15) is 14.4 Å². The molecule has 0 fully saturated rings. The maximum Gasteiger partial charge on any atom is 0.341 e. The molecule has 0 saturated heterocycles. The molecule has 2 rings (SSSR count). The molecule has 1 aromatic carbocycles. The number of rotatable bonds is 7. The van der Waals surface area contributed by atoms with Gasteiger partial charge in [-0.3, -0.25) is 10.1 Å². The van der Waals surface area contributed by atoms with Crippen molar-refractivity contribution in [2.24, 2.45) is 0 Å². The van der Waals surface area contributed by atoms with Crippen LogP contribution in [0.2, 0.25) is 0 Å². The second kappa shape index (κ2) is 10.2. The number of para-hydroxylation sites is 1. The van der Waals surface area contributed by atoms with Crippen LogP contribution in [0.25, 0.3) is 0 Å². The van der Waals surface area contributed by atoms with E-state index < -0.39 is 17.9 Å². The van der Waals surface area contributed by atoms with E-state index in [0.29, 0.717) is 6.54 Å². The number of carbonyl (C=O) groups excluding carboxylic acids is 3. The zero-order chi connectivity index (χ0) is 18.8. The number of carbonyl (C=O) groups is 3. The van der Waals surface area contributed by atoms with Gasteiger partial charge in [0.25, 0.3) is 5.91 Å². The maximum atomic E-state index is 11.8. The number of hydrogen-bond donors (Lipinski definition) is 2. The van der Waals surface area contributed by atoms with Gasteiger partial charge < -0.3 is 14.8 Å². The molecule has 7 nitrogen and oxygen atoms in total. The fraction of sp³-hybridized carbons (Fsp3) is 0.421. The SMILES string of the molecule is COC(=O)c1ccccc1OCC(=O)NC(=O)NCCC1=CCCCC1. The van der Waals surface area contributed by atoms with Crippen molar-refractivity contribution in [1.29, 1.82) is 0 Å². The summed E-state index contributed by atoms with van der Waals surface area (Å²) in [5, 5.41) is 4.86. The molecular weight excluding hydrogens is 336 g/mol. The molecule has 1 aromatic rings. The fourth-order valence-corrected chi connectivity index (χ4v) is 2.69. The molecule has 1 aliphatic rings. The standard InChI is InChI=1S/C19H24N2O5/c1-25-18(23)15-9-5-6-10-16(15)26-13-17(22)21-19(24)20-12-11-14-7-3-2-4-8-14/h5-7,9-10H,2-4,8,11-13H2,1H3,(H2,20,21,22,24). The molecule has 0 aromatic heterocycles. The van der Waals surface area contributed by atoms with Gasteiger partial charge in [0.1, 0.15) is 11.3 Å². The largest absolute Gasteiger partial charge is 0.483 e. The van der Waals surface area contributed by atoms with Crippen molar-refractivity contribution >= 4 is 17.9 Å². The van der Waals surface area contributed by atoms with Crippen LogP contribution in [-0.4, -0.2) is 38.2 Å². The van der Waals surface area contributed by atoms with Crippen LogP contribution in [0, 0.1) is 0 Å². The van der Waals surface area contributed by atoms with Gasteiger partial charge in [-0.2, -0.15) is 0 Å². The predicted molar refractivity (Wildman–Crippen MR) is 96.0 cm³/mol.